The first-order chi connectivity index (χ1) is 7.58. The van der Waals surface area contributed by atoms with Gasteiger partial charge >= 0.3 is 5.97 Å². The molecule has 0 aliphatic heterocycles. The Morgan fingerprint density at radius 3 is 2.81 bits per heavy atom. The number of carboxylic acids is 1. The van der Waals surface area contributed by atoms with Crippen LogP contribution in [0.4, 0.5) is 0 Å². The highest BCUT2D eigenvalue weighted by atomic mass is 16.4. The molecule has 16 heavy (non-hydrogen) atoms. The Bertz CT molecular complexity index is 345. The minimum absolute atomic E-state index is 0.00811. The summed E-state index contributed by atoms with van der Waals surface area (Å²) in [5, 5.41) is 11.2. The average molecular weight is 225 g/mol. The summed E-state index contributed by atoms with van der Waals surface area (Å²) in [6.07, 6.45) is 1.76. The molecular formula is C11H15NO4. The van der Waals surface area contributed by atoms with Gasteiger partial charge in [-0.15, -0.1) is 0 Å². The fraction of sp³-hybridized carbons (Fsp3) is 0.455. The standard InChI is InChI=1S/C11H15NO4/c1-8(6-11(14)15)5-10(13)12-7-9-3-2-4-16-9/h2-4,8H,5-7H2,1H3,(H,12,13)(H,14,15)/t8-/m0/s1. The first-order valence-electron chi connectivity index (χ1n) is 5.09. The van der Waals surface area contributed by atoms with Crippen molar-refractivity contribution in [3.63, 3.8) is 0 Å². The smallest absolute Gasteiger partial charge is 0.303 e. The first-order valence-corrected chi connectivity index (χ1v) is 5.09. The minimum atomic E-state index is -0.883. The van der Waals surface area contributed by atoms with Gasteiger partial charge in [-0.1, -0.05) is 6.92 Å². The summed E-state index contributed by atoms with van der Waals surface area (Å²) < 4.78 is 5.04. The number of furan rings is 1. The monoisotopic (exact) mass is 225 g/mol. The topological polar surface area (TPSA) is 79.5 Å². The van der Waals surface area contributed by atoms with E-state index in [0.29, 0.717) is 12.3 Å². The maximum absolute atomic E-state index is 11.4. The molecule has 0 aromatic carbocycles. The molecule has 0 fully saturated rings. The van der Waals surface area contributed by atoms with Crippen molar-refractivity contribution in [3.05, 3.63) is 24.2 Å². The number of nitrogens with one attached hydrogen (secondary N) is 1. The summed E-state index contributed by atoms with van der Waals surface area (Å²) in [6.45, 7) is 2.08. The van der Waals surface area contributed by atoms with Crippen LogP contribution in [0.25, 0.3) is 0 Å². The lowest BCUT2D eigenvalue weighted by atomic mass is 10.0. The maximum atomic E-state index is 11.4. The van der Waals surface area contributed by atoms with E-state index in [9.17, 15) is 9.59 Å². The molecule has 1 rings (SSSR count). The van der Waals surface area contributed by atoms with Gasteiger partial charge in [-0.2, -0.15) is 0 Å². The molecule has 1 atom stereocenters. The van der Waals surface area contributed by atoms with Gasteiger partial charge < -0.3 is 14.8 Å². The van der Waals surface area contributed by atoms with Crippen LogP contribution < -0.4 is 5.32 Å². The van der Waals surface area contributed by atoms with E-state index < -0.39 is 5.97 Å². The number of carbonyl (C=O) groups is 2. The highest BCUT2D eigenvalue weighted by Crippen LogP contribution is 2.07. The lowest BCUT2D eigenvalue weighted by Crippen LogP contribution is -2.24. The Balaban J connectivity index is 2.23. The predicted molar refractivity (Wildman–Crippen MR) is 56.6 cm³/mol. The molecule has 88 valence electrons. The highest BCUT2D eigenvalue weighted by Gasteiger charge is 2.12. The van der Waals surface area contributed by atoms with Crippen LogP contribution in [0.5, 0.6) is 0 Å². The highest BCUT2D eigenvalue weighted by molar-refractivity contribution is 5.77. The second-order valence-corrected chi connectivity index (χ2v) is 3.76. The van der Waals surface area contributed by atoms with E-state index in [0.717, 1.165) is 0 Å². The van der Waals surface area contributed by atoms with E-state index in [1.807, 2.05) is 0 Å². The van der Waals surface area contributed by atoms with Crippen LogP contribution in [-0.2, 0) is 16.1 Å². The molecule has 0 unspecified atom stereocenters. The molecule has 1 heterocycles. The van der Waals surface area contributed by atoms with Crippen LogP contribution in [0.1, 0.15) is 25.5 Å². The number of amides is 1. The third-order valence-corrected chi connectivity index (χ3v) is 2.10. The quantitative estimate of drug-likeness (QED) is 0.766. The summed E-state index contributed by atoms with van der Waals surface area (Å²) in [7, 11) is 0. The number of aliphatic carboxylic acids is 1. The van der Waals surface area contributed by atoms with Crippen molar-refractivity contribution in [3.8, 4) is 0 Å². The van der Waals surface area contributed by atoms with Crippen LogP contribution in [-0.4, -0.2) is 17.0 Å². The molecule has 0 spiro atoms. The fourth-order valence-corrected chi connectivity index (χ4v) is 1.36. The van der Waals surface area contributed by atoms with E-state index >= 15 is 0 Å². The SMILES string of the molecule is C[C@H](CC(=O)O)CC(=O)NCc1ccco1. The zero-order valence-corrected chi connectivity index (χ0v) is 9.10. The molecule has 0 aliphatic rings. The van der Waals surface area contributed by atoms with Crippen molar-refractivity contribution < 1.29 is 19.1 Å². The zero-order valence-electron chi connectivity index (χ0n) is 9.10. The van der Waals surface area contributed by atoms with Gasteiger partial charge in [0.1, 0.15) is 5.76 Å². The molecule has 0 bridgehead atoms. The summed E-state index contributed by atoms with van der Waals surface area (Å²) in [6, 6.07) is 3.51. The molecule has 0 radical (unpaired) electrons. The Hall–Kier alpha value is -1.78. The van der Waals surface area contributed by atoms with Crippen molar-refractivity contribution >= 4 is 11.9 Å². The van der Waals surface area contributed by atoms with Gasteiger partial charge in [0.25, 0.3) is 0 Å². The van der Waals surface area contributed by atoms with E-state index in [4.69, 9.17) is 9.52 Å². The molecule has 1 amide bonds. The van der Waals surface area contributed by atoms with E-state index in [1.165, 1.54) is 6.26 Å². The molecular weight excluding hydrogens is 210 g/mol. The van der Waals surface area contributed by atoms with E-state index in [2.05, 4.69) is 5.32 Å². The predicted octanol–water partition coefficient (Wildman–Crippen LogP) is 1.40. The van der Waals surface area contributed by atoms with Crippen LogP contribution in [0.3, 0.4) is 0 Å². The summed E-state index contributed by atoms with van der Waals surface area (Å²) in [5.74, 6) is -0.523. The summed E-state index contributed by atoms with van der Waals surface area (Å²) in [5.41, 5.74) is 0. The van der Waals surface area contributed by atoms with Crippen LogP contribution in [0, 0.1) is 5.92 Å². The Morgan fingerprint density at radius 2 is 2.25 bits per heavy atom. The molecule has 1 aromatic rings. The van der Waals surface area contributed by atoms with Gasteiger partial charge in [0, 0.05) is 12.8 Å². The molecule has 5 nitrogen and oxygen atoms in total. The van der Waals surface area contributed by atoms with Crippen LogP contribution in [0.2, 0.25) is 0 Å². The second-order valence-electron chi connectivity index (χ2n) is 3.76. The van der Waals surface area contributed by atoms with Gasteiger partial charge in [-0.05, 0) is 18.1 Å². The maximum Gasteiger partial charge on any atom is 0.303 e. The van der Waals surface area contributed by atoms with Gasteiger partial charge in [-0.3, -0.25) is 9.59 Å². The largest absolute Gasteiger partial charge is 0.481 e. The fourth-order valence-electron chi connectivity index (χ4n) is 1.36. The lowest BCUT2D eigenvalue weighted by molar-refractivity contribution is -0.138. The van der Waals surface area contributed by atoms with Crippen molar-refractivity contribution in [1.82, 2.24) is 5.32 Å². The molecule has 0 aliphatic carbocycles. The van der Waals surface area contributed by atoms with E-state index in [-0.39, 0.29) is 24.7 Å². The van der Waals surface area contributed by atoms with Crippen LogP contribution >= 0.6 is 0 Å². The van der Waals surface area contributed by atoms with Crippen LogP contribution in [0.15, 0.2) is 22.8 Å². The minimum Gasteiger partial charge on any atom is -0.481 e. The second kappa shape index (κ2) is 5.95. The Labute approximate surface area is 93.4 Å². The first kappa shape index (κ1) is 12.3. The lowest BCUT2D eigenvalue weighted by Gasteiger charge is -2.08. The summed E-state index contributed by atoms with van der Waals surface area (Å²) >= 11 is 0. The average Bonchev–Trinajstić information content (AvgIpc) is 2.65. The normalized spacial score (nSPS) is 12.1. The number of hydrogen-bond acceptors (Lipinski definition) is 3. The summed E-state index contributed by atoms with van der Waals surface area (Å²) in [4.78, 5) is 21.8. The van der Waals surface area contributed by atoms with E-state index in [1.54, 1.807) is 19.1 Å². The number of carbonyl (C=O) groups excluding carboxylic acids is 1. The molecule has 0 saturated carbocycles. The molecule has 5 heteroatoms. The van der Waals surface area contributed by atoms with Crippen molar-refractivity contribution in [2.75, 3.05) is 0 Å². The third-order valence-electron chi connectivity index (χ3n) is 2.10. The number of rotatable bonds is 6. The van der Waals surface area contributed by atoms with Crippen molar-refractivity contribution in [2.45, 2.75) is 26.3 Å². The van der Waals surface area contributed by atoms with Gasteiger partial charge in [-0.25, -0.2) is 0 Å². The molecule has 2 N–H and O–H groups in total. The molecule has 0 saturated heterocycles. The van der Waals surface area contributed by atoms with Gasteiger partial charge in [0.2, 0.25) is 5.91 Å². The number of carboxylic acid groups (broad SMARTS) is 1. The molecule has 1 aromatic heterocycles. The van der Waals surface area contributed by atoms with Crippen molar-refractivity contribution in [1.29, 1.82) is 0 Å². The van der Waals surface area contributed by atoms with Gasteiger partial charge in [0.05, 0.1) is 12.8 Å². The number of hydrogen-bond donors (Lipinski definition) is 2. The van der Waals surface area contributed by atoms with Gasteiger partial charge in [0.15, 0.2) is 0 Å². The zero-order chi connectivity index (χ0) is 12.0. The third kappa shape index (κ3) is 4.63. The van der Waals surface area contributed by atoms with Crippen molar-refractivity contribution in [2.24, 2.45) is 5.92 Å². The Kier molecular flexibility index (Phi) is 4.57. The Morgan fingerprint density at radius 1 is 1.50 bits per heavy atom.